The molecule has 0 radical (unpaired) electrons. The molecule has 2 aliphatic heterocycles. The highest BCUT2D eigenvalue weighted by Crippen LogP contribution is 2.58. The fourth-order valence-corrected chi connectivity index (χ4v) is 6.05. The first kappa shape index (κ1) is 24.3. The number of terminal acetylenes is 1. The Labute approximate surface area is 221 Å². The van der Waals surface area contributed by atoms with Crippen LogP contribution in [0.4, 0.5) is 11.4 Å². The maximum atomic E-state index is 13.2. The van der Waals surface area contributed by atoms with E-state index in [9.17, 15) is 4.79 Å². The molecule has 0 bridgehead atoms. The normalized spacial score (nSPS) is 16.9. The summed E-state index contributed by atoms with van der Waals surface area (Å²) in [4.78, 5) is 17.7. The van der Waals surface area contributed by atoms with Gasteiger partial charge < -0.3 is 19.3 Å². The molecule has 0 N–H and O–H groups in total. The molecule has 1 atom stereocenters. The quantitative estimate of drug-likeness (QED) is 0.255. The van der Waals surface area contributed by atoms with Gasteiger partial charge in [0.1, 0.15) is 11.5 Å². The van der Waals surface area contributed by atoms with Crippen molar-refractivity contribution in [2.75, 3.05) is 36.0 Å². The van der Waals surface area contributed by atoms with E-state index in [0.717, 1.165) is 64.3 Å². The Morgan fingerprint density at radius 3 is 2.08 bits per heavy atom. The Kier molecular flexibility index (Phi) is 6.22. The van der Waals surface area contributed by atoms with Crippen LogP contribution in [0, 0.1) is 12.3 Å². The molecule has 5 rings (SSSR count). The number of fused-ring (bicyclic) bond motifs is 6. The van der Waals surface area contributed by atoms with E-state index in [1.165, 1.54) is 0 Å². The minimum absolute atomic E-state index is 0.358. The van der Waals surface area contributed by atoms with Crippen LogP contribution >= 0.6 is 15.9 Å². The lowest BCUT2D eigenvalue weighted by Gasteiger charge is -2.38. The second kappa shape index (κ2) is 9.22. The van der Waals surface area contributed by atoms with Gasteiger partial charge in [-0.05, 0) is 61.8 Å². The lowest BCUT2D eigenvalue weighted by atomic mass is 9.77. The van der Waals surface area contributed by atoms with Crippen molar-refractivity contribution in [3.8, 4) is 23.8 Å². The summed E-state index contributed by atoms with van der Waals surface area (Å²) in [5.41, 5.74) is 4.39. The summed E-state index contributed by atoms with van der Waals surface area (Å²) in [7, 11) is 0. The van der Waals surface area contributed by atoms with Crippen LogP contribution in [0.15, 0.2) is 53.0 Å². The Bertz CT molecular complexity index is 1400. The van der Waals surface area contributed by atoms with Gasteiger partial charge in [0.2, 0.25) is 0 Å². The average molecular weight is 545 g/mol. The lowest BCUT2D eigenvalue weighted by Crippen LogP contribution is -2.34. The first-order valence-electron chi connectivity index (χ1n) is 12.4. The Hall–Kier alpha value is -3.43. The maximum Gasteiger partial charge on any atom is 0.340 e. The van der Waals surface area contributed by atoms with E-state index in [2.05, 4.69) is 59.3 Å². The van der Waals surface area contributed by atoms with Crippen LogP contribution in [0.25, 0.3) is 0 Å². The molecule has 0 saturated carbocycles. The van der Waals surface area contributed by atoms with Gasteiger partial charge >= 0.3 is 5.97 Å². The number of hydrogen-bond donors (Lipinski definition) is 0. The van der Waals surface area contributed by atoms with Crippen molar-refractivity contribution in [1.29, 1.82) is 0 Å². The third-order valence-electron chi connectivity index (χ3n) is 7.26. The largest absolute Gasteiger partial charge is 0.456 e. The SMILES string of the molecule is C#Cc1cc2c(cc1N(CC)CC)Oc1cc(N(CC)CC)c(Br)cc1C21OC(=O)c2ccccc21. The van der Waals surface area contributed by atoms with Crippen molar-refractivity contribution in [2.24, 2.45) is 0 Å². The highest BCUT2D eigenvalue weighted by atomic mass is 79.9. The van der Waals surface area contributed by atoms with Crippen molar-refractivity contribution in [3.05, 3.63) is 80.8 Å². The standard InChI is InChI=1S/C30H29BrN2O3/c1-6-19-15-22-27(17-25(19)32(7-2)8-3)35-28-18-26(33(9-4)10-5)24(31)16-23(28)30(22)21-14-12-11-13-20(21)29(34)36-30/h1,11-18H,7-10H2,2-5H3. The number of nitrogens with zero attached hydrogens (tertiary/aromatic N) is 2. The number of rotatable bonds is 6. The van der Waals surface area contributed by atoms with E-state index in [-0.39, 0.29) is 5.97 Å². The number of halogens is 1. The van der Waals surface area contributed by atoms with E-state index in [0.29, 0.717) is 17.1 Å². The molecule has 0 amide bonds. The summed E-state index contributed by atoms with van der Waals surface area (Å²) in [6.45, 7) is 11.8. The molecule has 3 aromatic carbocycles. The van der Waals surface area contributed by atoms with E-state index in [4.69, 9.17) is 15.9 Å². The molecular weight excluding hydrogens is 516 g/mol. The fraction of sp³-hybridized carbons (Fsp3) is 0.300. The molecule has 1 unspecified atom stereocenters. The second-order valence-electron chi connectivity index (χ2n) is 8.87. The number of hydrogen-bond acceptors (Lipinski definition) is 5. The zero-order chi connectivity index (χ0) is 25.6. The monoisotopic (exact) mass is 544 g/mol. The average Bonchev–Trinajstić information content (AvgIpc) is 3.19. The summed E-state index contributed by atoms with van der Waals surface area (Å²) in [5.74, 6) is 3.80. The van der Waals surface area contributed by atoms with E-state index >= 15 is 0 Å². The number of carbonyl (C=O) groups excluding carboxylic acids is 1. The molecule has 36 heavy (non-hydrogen) atoms. The number of esters is 1. The highest BCUT2D eigenvalue weighted by Gasteiger charge is 2.54. The summed E-state index contributed by atoms with van der Waals surface area (Å²) in [5, 5.41) is 0. The molecule has 0 aliphatic carbocycles. The van der Waals surface area contributed by atoms with Crippen LogP contribution in [0.2, 0.25) is 0 Å². The number of carbonyl (C=O) groups is 1. The summed E-state index contributed by atoms with van der Waals surface area (Å²) in [6.07, 6.45) is 6.00. The van der Waals surface area contributed by atoms with Crippen LogP contribution < -0.4 is 14.5 Å². The highest BCUT2D eigenvalue weighted by molar-refractivity contribution is 9.10. The molecule has 5 nitrogen and oxygen atoms in total. The van der Waals surface area contributed by atoms with Gasteiger partial charge in [0.15, 0.2) is 5.60 Å². The van der Waals surface area contributed by atoms with Crippen molar-refractivity contribution >= 4 is 33.3 Å². The molecule has 2 heterocycles. The fourth-order valence-electron chi connectivity index (χ4n) is 5.46. The first-order valence-corrected chi connectivity index (χ1v) is 13.2. The van der Waals surface area contributed by atoms with Crippen molar-refractivity contribution < 1.29 is 14.3 Å². The predicted molar refractivity (Wildman–Crippen MR) is 147 cm³/mol. The molecule has 3 aromatic rings. The van der Waals surface area contributed by atoms with E-state index < -0.39 is 5.60 Å². The second-order valence-corrected chi connectivity index (χ2v) is 9.73. The van der Waals surface area contributed by atoms with Crippen molar-refractivity contribution in [2.45, 2.75) is 33.3 Å². The van der Waals surface area contributed by atoms with E-state index in [1.54, 1.807) is 0 Å². The van der Waals surface area contributed by atoms with Gasteiger partial charge in [-0.15, -0.1) is 6.42 Å². The zero-order valence-corrected chi connectivity index (χ0v) is 22.6. The van der Waals surface area contributed by atoms with Gasteiger partial charge in [0.25, 0.3) is 0 Å². The smallest absolute Gasteiger partial charge is 0.340 e. The molecule has 6 heteroatoms. The van der Waals surface area contributed by atoms with Gasteiger partial charge in [0, 0.05) is 65.0 Å². The number of ether oxygens (including phenoxy) is 2. The van der Waals surface area contributed by atoms with Gasteiger partial charge in [-0.1, -0.05) is 24.1 Å². The third-order valence-corrected chi connectivity index (χ3v) is 7.90. The molecule has 0 fully saturated rings. The van der Waals surface area contributed by atoms with Crippen LogP contribution in [0.1, 0.15) is 60.3 Å². The van der Waals surface area contributed by atoms with Gasteiger partial charge in [-0.2, -0.15) is 0 Å². The molecule has 1 spiro atoms. The van der Waals surface area contributed by atoms with Crippen molar-refractivity contribution in [1.82, 2.24) is 0 Å². The Morgan fingerprint density at radius 2 is 1.44 bits per heavy atom. The summed E-state index contributed by atoms with van der Waals surface area (Å²) < 4.78 is 13.8. The van der Waals surface area contributed by atoms with Crippen LogP contribution in [0.3, 0.4) is 0 Å². The molecule has 184 valence electrons. The first-order chi connectivity index (χ1) is 17.4. The Morgan fingerprint density at radius 1 is 0.861 bits per heavy atom. The van der Waals surface area contributed by atoms with Crippen LogP contribution in [-0.4, -0.2) is 32.1 Å². The minimum atomic E-state index is -1.16. The topological polar surface area (TPSA) is 42.0 Å². The third kappa shape index (κ3) is 3.41. The van der Waals surface area contributed by atoms with Crippen LogP contribution in [0.5, 0.6) is 11.5 Å². The lowest BCUT2D eigenvalue weighted by molar-refractivity contribution is 0.0224. The number of anilines is 2. The number of benzene rings is 3. The van der Waals surface area contributed by atoms with Gasteiger partial charge in [-0.3, -0.25) is 0 Å². The zero-order valence-electron chi connectivity index (χ0n) is 21.0. The molecular formula is C30H29BrN2O3. The summed E-state index contributed by atoms with van der Waals surface area (Å²) >= 11 is 3.78. The summed E-state index contributed by atoms with van der Waals surface area (Å²) in [6, 6.07) is 15.6. The van der Waals surface area contributed by atoms with Gasteiger partial charge in [-0.25, -0.2) is 4.79 Å². The molecule has 0 aromatic heterocycles. The van der Waals surface area contributed by atoms with E-state index in [1.807, 2.05) is 48.5 Å². The molecule has 2 aliphatic rings. The Balaban J connectivity index is 1.85. The predicted octanol–water partition coefficient (Wildman–Crippen LogP) is 6.69. The maximum absolute atomic E-state index is 13.2. The minimum Gasteiger partial charge on any atom is -0.456 e. The van der Waals surface area contributed by atoms with Crippen molar-refractivity contribution in [3.63, 3.8) is 0 Å². The van der Waals surface area contributed by atoms with Crippen LogP contribution in [-0.2, 0) is 10.3 Å². The molecule has 0 saturated heterocycles. The van der Waals surface area contributed by atoms with Gasteiger partial charge in [0.05, 0.1) is 16.9 Å².